The number of anilines is 1. The van der Waals surface area contributed by atoms with E-state index in [0.717, 1.165) is 11.3 Å². The molecule has 1 fully saturated rings. The predicted molar refractivity (Wildman–Crippen MR) is 91.5 cm³/mol. The van der Waals surface area contributed by atoms with E-state index < -0.39 is 6.09 Å². The highest BCUT2D eigenvalue weighted by atomic mass is 16.6. The van der Waals surface area contributed by atoms with Crippen LogP contribution < -0.4 is 5.48 Å². The number of benzene rings is 1. The number of carbonyl (C=O) groups excluding carboxylic acids is 3. The van der Waals surface area contributed by atoms with Crippen molar-refractivity contribution in [3.8, 4) is 0 Å². The van der Waals surface area contributed by atoms with Crippen molar-refractivity contribution >= 4 is 24.5 Å². The van der Waals surface area contributed by atoms with Gasteiger partial charge >= 0.3 is 12.9 Å². The van der Waals surface area contributed by atoms with Crippen LogP contribution in [0.1, 0.15) is 33.3 Å². The third-order valence-electron chi connectivity index (χ3n) is 4.48. The Morgan fingerprint density at radius 3 is 2.58 bits per heavy atom. The van der Waals surface area contributed by atoms with Crippen LogP contribution in [0.3, 0.4) is 0 Å². The number of nitrogens with one attached hydrogen (secondary N) is 1. The third-order valence-corrected chi connectivity index (χ3v) is 4.48. The summed E-state index contributed by atoms with van der Waals surface area (Å²) in [6.07, 6.45) is 0.00434. The number of imide groups is 1. The lowest BCUT2D eigenvalue weighted by Crippen LogP contribution is -2.45. The van der Waals surface area contributed by atoms with Gasteiger partial charge < -0.3 is 4.74 Å². The first kappa shape index (κ1) is 18.0. The maximum Gasteiger partial charge on any atom is 0.416 e. The van der Waals surface area contributed by atoms with Crippen molar-refractivity contribution in [2.24, 2.45) is 11.3 Å². The van der Waals surface area contributed by atoms with Gasteiger partial charge in [0.1, 0.15) is 12.3 Å². The zero-order valence-electron chi connectivity index (χ0n) is 14.7. The van der Waals surface area contributed by atoms with Gasteiger partial charge in [0.2, 0.25) is 5.91 Å². The summed E-state index contributed by atoms with van der Waals surface area (Å²) in [5.74, 6) is -0.454. The molecule has 1 aliphatic heterocycles. The normalized spacial score (nSPS) is 18.9. The molecular weight excluding hydrogens is 308 g/mol. The van der Waals surface area contributed by atoms with Gasteiger partial charge in [-0.2, -0.15) is 0 Å². The highest BCUT2D eigenvalue weighted by Crippen LogP contribution is 2.30. The second-order valence-corrected chi connectivity index (χ2v) is 7.17. The molecule has 0 aliphatic carbocycles. The molecular formula is C18H25N2O4+. The molecule has 130 valence electrons. The zero-order chi connectivity index (χ0) is 17.9. The molecule has 6 nitrogen and oxygen atoms in total. The number of carbonyl (C=O) groups is 2. The Morgan fingerprint density at radius 2 is 2.04 bits per heavy atom. The topological polar surface area (TPSA) is 69.9 Å². The molecule has 0 unspecified atom stereocenters. The van der Waals surface area contributed by atoms with Crippen molar-refractivity contribution < 1.29 is 18.9 Å². The first-order chi connectivity index (χ1) is 11.2. The number of hydrogen-bond donors (Lipinski definition) is 1. The number of hydrogen-bond acceptors (Lipinski definition) is 4. The van der Waals surface area contributed by atoms with Crippen molar-refractivity contribution in [1.29, 1.82) is 0 Å². The van der Waals surface area contributed by atoms with E-state index in [0.29, 0.717) is 6.42 Å². The lowest BCUT2D eigenvalue weighted by atomic mass is 9.81. The summed E-state index contributed by atoms with van der Waals surface area (Å²) >= 11 is 0. The van der Waals surface area contributed by atoms with Gasteiger partial charge in [0.05, 0.1) is 6.04 Å². The Hall–Kier alpha value is -2.37. The van der Waals surface area contributed by atoms with Gasteiger partial charge in [-0.15, -0.1) is 4.53 Å². The van der Waals surface area contributed by atoms with Gasteiger partial charge in [-0.05, 0) is 35.0 Å². The van der Waals surface area contributed by atoms with E-state index in [2.05, 4.69) is 16.8 Å². The summed E-state index contributed by atoms with van der Waals surface area (Å²) in [6, 6.07) is 7.25. The fraction of sp³-hybridized carbons (Fsp3) is 0.500. The molecule has 6 heteroatoms. The first-order valence-corrected chi connectivity index (χ1v) is 8.00. The van der Waals surface area contributed by atoms with E-state index >= 15 is 0 Å². The van der Waals surface area contributed by atoms with E-state index in [1.807, 2.05) is 52.0 Å². The van der Waals surface area contributed by atoms with Crippen LogP contribution in [0, 0.1) is 11.3 Å². The number of ether oxygens (including phenoxy) is 1. The molecule has 1 aliphatic rings. The standard InChI is InChI=1S/C18H25N2O4/c1-12(18(2,3)4)16(21)20-15(11-24-17(20)22)10-13-6-8-14(9-7-13)19-23-5/h6-9,12,15,19H,5,10-11H2,1-4H3/q+1/t12-,15+/m1/s1. The number of amides is 2. The van der Waals surface area contributed by atoms with Crippen molar-refractivity contribution in [1.82, 2.24) is 4.90 Å². The van der Waals surface area contributed by atoms with E-state index in [4.69, 9.17) is 4.74 Å². The smallest absolute Gasteiger partial charge is 0.416 e. The molecule has 0 aromatic heterocycles. The molecule has 2 amide bonds. The monoisotopic (exact) mass is 333 g/mol. The lowest BCUT2D eigenvalue weighted by Gasteiger charge is -2.30. The fourth-order valence-electron chi connectivity index (χ4n) is 2.52. The number of nitrogens with zero attached hydrogens (tertiary/aromatic N) is 1. The minimum atomic E-state index is -0.551. The molecule has 2 rings (SSSR count). The van der Waals surface area contributed by atoms with Crippen molar-refractivity contribution in [2.75, 3.05) is 12.1 Å². The molecule has 24 heavy (non-hydrogen) atoms. The molecule has 1 saturated heterocycles. The maximum absolute atomic E-state index is 12.7. The van der Waals surface area contributed by atoms with Crippen LogP contribution in [0.25, 0.3) is 0 Å². The minimum Gasteiger partial charge on any atom is -0.447 e. The maximum atomic E-state index is 12.7. The van der Waals surface area contributed by atoms with Crippen LogP contribution in [0.4, 0.5) is 10.5 Å². The van der Waals surface area contributed by atoms with Crippen LogP contribution >= 0.6 is 0 Å². The molecule has 0 bridgehead atoms. The summed E-state index contributed by atoms with van der Waals surface area (Å²) in [6.45, 7) is 11.3. The molecule has 2 atom stereocenters. The Balaban J connectivity index is 2.12. The predicted octanol–water partition coefficient (Wildman–Crippen LogP) is 2.95. The average molecular weight is 333 g/mol. The van der Waals surface area contributed by atoms with Gasteiger partial charge in [0.15, 0.2) is 0 Å². The van der Waals surface area contributed by atoms with E-state index in [-0.39, 0.29) is 29.9 Å². The van der Waals surface area contributed by atoms with Gasteiger partial charge in [-0.3, -0.25) is 4.79 Å². The van der Waals surface area contributed by atoms with Crippen LogP contribution in [0.5, 0.6) is 0 Å². The van der Waals surface area contributed by atoms with Crippen LogP contribution in [0.15, 0.2) is 24.3 Å². The molecule has 0 spiro atoms. The highest BCUT2D eigenvalue weighted by molar-refractivity contribution is 5.95. The second-order valence-electron chi connectivity index (χ2n) is 7.17. The van der Waals surface area contributed by atoms with Gasteiger partial charge in [0, 0.05) is 5.92 Å². The van der Waals surface area contributed by atoms with Crippen LogP contribution in [-0.2, 0) is 20.5 Å². The Kier molecular flexibility index (Phi) is 5.26. The molecule has 1 aromatic rings. The summed E-state index contributed by atoms with van der Waals surface area (Å²) in [5, 5.41) is 0. The quantitative estimate of drug-likeness (QED) is 0.664. The third kappa shape index (κ3) is 3.93. The molecule has 0 radical (unpaired) electrons. The van der Waals surface area contributed by atoms with Crippen LogP contribution in [0.2, 0.25) is 0 Å². The number of cyclic esters (lactones) is 1. The molecule has 1 aromatic carbocycles. The van der Waals surface area contributed by atoms with E-state index in [1.54, 1.807) is 0 Å². The average Bonchev–Trinajstić information content (AvgIpc) is 2.88. The van der Waals surface area contributed by atoms with Gasteiger partial charge in [-0.25, -0.2) is 9.69 Å². The Labute approximate surface area is 142 Å². The Morgan fingerprint density at radius 1 is 1.42 bits per heavy atom. The SMILES string of the molecule is C=[O+]Nc1ccc(C[C@H]2COC(=O)N2C(=O)[C@@H](C)C(C)(C)C)cc1. The number of rotatable bonds is 5. The van der Waals surface area contributed by atoms with Crippen molar-refractivity contribution in [2.45, 2.75) is 40.2 Å². The lowest BCUT2D eigenvalue weighted by molar-refractivity contribution is -0.408. The summed E-state index contributed by atoms with van der Waals surface area (Å²) < 4.78 is 9.73. The molecule has 1 heterocycles. The fourth-order valence-corrected chi connectivity index (χ4v) is 2.52. The van der Waals surface area contributed by atoms with E-state index in [9.17, 15) is 9.59 Å². The zero-order valence-corrected chi connectivity index (χ0v) is 14.7. The summed E-state index contributed by atoms with van der Waals surface area (Å²) in [7, 11) is 0. The van der Waals surface area contributed by atoms with Crippen molar-refractivity contribution in [3.05, 3.63) is 29.8 Å². The summed E-state index contributed by atoms with van der Waals surface area (Å²) in [5.41, 5.74) is 4.21. The molecule has 1 N–H and O–H groups in total. The summed E-state index contributed by atoms with van der Waals surface area (Å²) in [4.78, 5) is 26.0. The van der Waals surface area contributed by atoms with Gasteiger partial charge in [-0.1, -0.05) is 39.8 Å². The van der Waals surface area contributed by atoms with Gasteiger partial charge in [0.25, 0.3) is 0 Å². The highest BCUT2D eigenvalue weighted by Gasteiger charge is 2.42. The largest absolute Gasteiger partial charge is 0.447 e. The molecule has 0 saturated carbocycles. The van der Waals surface area contributed by atoms with Crippen LogP contribution in [-0.4, -0.2) is 36.3 Å². The minimum absolute atomic E-state index is 0.182. The van der Waals surface area contributed by atoms with E-state index in [1.165, 1.54) is 4.90 Å². The Bertz CT molecular complexity index is 619. The first-order valence-electron chi connectivity index (χ1n) is 8.00. The van der Waals surface area contributed by atoms with Crippen molar-refractivity contribution in [3.63, 3.8) is 0 Å². The second kappa shape index (κ2) is 7.03.